The van der Waals surface area contributed by atoms with E-state index in [1.165, 1.54) is 17.0 Å². The van der Waals surface area contributed by atoms with Crippen LogP contribution in [0.25, 0.3) is 22.4 Å². The van der Waals surface area contributed by atoms with Crippen molar-refractivity contribution in [3.8, 4) is 11.4 Å². The predicted octanol–water partition coefficient (Wildman–Crippen LogP) is 6.05. The fourth-order valence-corrected chi connectivity index (χ4v) is 5.00. The summed E-state index contributed by atoms with van der Waals surface area (Å²) in [5.41, 5.74) is -1.36. The number of amides is 1. The summed E-state index contributed by atoms with van der Waals surface area (Å²) >= 11 is 0. The Balaban J connectivity index is 1.13. The van der Waals surface area contributed by atoms with Crippen LogP contribution in [0.15, 0.2) is 54.9 Å². The van der Waals surface area contributed by atoms with E-state index in [1.54, 1.807) is 18.3 Å². The average Bonchev–Trinajstić information content (AvgIpc) is 3.49. The summed E-state index contributed by atoms with van der Waals surface area (Å²) in [7, 11) is 0. The number of H-pyrrole nitrogens is 1. The standard InChI is InChI=1S/C26H20F6N6O2/c27-25(28,29)16-2-3-18-19(11-16)36-22(35-18)15-1-4-21(34-13-15)37-9-6-24(7-10-37)14-38(23(39)40-24)17-5-8-33-20(12-17)26(30,31)32/h1-5,8,11-13H,6-7,9-10,14H2,(H,35,36). The van der Waals surface area contributed by atoms with E-state index in [0.29, 0.717) is 48.7 Å². The third-order valence-electron chi connectivity index (χ3n) is 7.15. The Morgan fingerprint density at radius 3 is 2.38 bits per heavy atom. The summed E-state index contributed by atoms with van der Waals surface area (Å²) in [5, 5.41) is 0. The number of benzene rings is 1. The Labute approximate surface area is 222 Å². The van der Waals surface area contributed by atoms with Crippen LogP contribution in [-0.4, -0.2) is 51.3 Å². The molecule has 0 aliphatic carbocycles. The Morgan fingerprint density at radius 2 is 1.70 bits per heavy atom. The van der Waals surface area contributed by atoms with Crippen LogP contribution in [0.4, 0.5) is 42.6 Å². The molecular weight excluding hydrogens is 542 g/mol. The van der Waals surface area contributed by atoms with Crippen LogP contribution in [0.3, 0.4) is 0 Å². The number of piperidine rings is 1. The average molecular weight is 562 g/mol. The van der Waals surface area contributed by atoms with Crippen molar-refractivity contribution in [1.29, 1.82) is 0 Å². The van der Waals surface area contributed by atoms with Gasteiger partial charge in [0, 0.05) is 43.9 Å². The molecule has 2 aliphatic rings. The van der Waals surface area contributed by atoms with Crippen LogP contribution in [0.2, 0.25) is 0 Å². The first-order valence-corrected chi connectivity index (χ1v) is 12.2. The topological polar surface area (TPSA) is 87.2 Å². The number of pyridine rings is 2. The number of fused-ring (bicyclic) bond motifs is 1. The molecule has 1 N–H and O–H groups in total. The maximum Gasteiger partial charge on any atom is 0.433 e. The maximum absolute atomic E-state index is 13.1. The maximum atomic E-state index is 13.1. The van der Waals surface area contributed by atoms with E-state index in [0.717, 1.165) is 24.4 Å². The number of ether oxygens (including phenoxy) is 1. The molecular formula is C26H20F6N6O2. The van der Waals surface area contributed by atoms with Crippen molar-refractivity contribution in [3.05, 3.63) is 66.1 Å². The molecule has 4 aromatic rings. The van der Waals surface area contributed by atoms with Crippen LogP contribution in [0.1, 0.15) is 24.1 Å². The number of hydrogen-bond donors (Lipinski definition) is 1. The molecule has 2 saturated heterocycles. The summed E-state index contributed by atoms with van der Waals surface area (Å²) < 4.78 is 83.9. The summed E-state index contributed by atoms with van der Waals surface area (Å²) in [6.45, 7) is 1.10. The highest BCUT2D eigenvalue weighted by Gasteiger charge is 2.48. The van der Waals surface area contributed by atoms with Gasteiger partial charge in [-0.1, -0.05) is 0 Å². The lowest BCUT2D eigenvalue weighted by atomic mass is 9.91. The molecule has 0 saturated carbocycles. The lowest BCUT2D eigenvalue weighted by Gasteiger charge is -2.38. The Hall–Kier alpha value is -4.36. The zero-order valence-electron chi connectivity index (χ0n) is 20.6. The largest absolute Gasteiger partial charge is 0.440 e. The van der Waals surface area contributed by atoms with Gasteiger partial charge < -0.3 is 14.6 Å². The Kier molecular flexibility index (Phi) is 5.89. The third kappa shape index (κ3) is 4.77. The van der Waals surface area contributed by atoms with Crippen molar-refractivity contribution < 1.29 is 35.9 Å². The molecule has 40 heavy (non-hydrogen) atoms. The van der Waals surface area contributed by atoms with Gasteiger partial charge in [-0.2, -0.15) is 26.3 Å². The molecule has 1 amide bonds. The van der Waals surface area contributed by atoms with Crippen LogP contribution in [-0.2, 0) is 17.1 Å². The van der Waals surface area contributed by atoms with E-state index in [9.17, 15) is 31.1 Å². The first-order chi connectivity index (χ1) is 18.9. The van der Waals surface area contributed by atoms with E-state index in [4.69, 9.17) is 4.74 Å². The van der Waals surface area contributed by atoms with Crippen molar-refractivity contribution in [2.45, 2.75) is 30.8 Å². The fourth-order valence-electron chi connectivity index (χ4n) is 5.00. The molecule has 8 nitrogen and oxygen atoms in total. The monoisotopic (exact) mass is 562 g/mol. The van der Waals surface area contributed by atoms with Gasteiger partial charge in [0.25, 0.3) is 0 Å². The molecule has 1 spiro atoms. The van der Waals surface area contributed by atoms with Crippen molar-refractivity contribution in [3.63, 3.8) is 0 Å². The van der Waals surface area contributed by atoms with Crippen molar-refractivity contribution in [2.75, 3.05) is 29.4 Å². The number of nitrogens with zero attached hydrogens (tertiary/aromatic N) is 5. The Morgan fingerprint density at radius 1 is 0.925 bits per heavy atom. The van der Waals surface area contributed by atoms with Gasteiger partial charge in [-0.05, 0) is 42.5 Å². The Bertz CT molecular complexity index is 1580. The molecule has 3 aromatic heterocycles. The summed E-state index contributed by atoms with van der Waals surface area (Å²) in [4.78, 5) is 30.9. The number of hydrogen-bond acceptors (Lipinski definition) is 6. The number of anilines is 2. The number of halogens is 6. The van der Waals surface area contributed by atoms with Gasteiger partial charge in [-0.15, -0.1) is 0 Å². The van der Waals surface area contributed by atoms with Crippen molar-refractivity contribution in [1.82, 2.24) is 19.9 Å². The quantitative estimate of drug-likeness (QED) is 0.306. The van der Waals surface area contributed by atoms with E-state index in [1.807, 2.05) is 4.90 Å². The van der Waals surface area contributed by atoms with E-state index < -0.39 is 35.3 Å². The zero-order chi connectivity index (χ0) is 28.3. The molecule has 0 bridgehead atoms. The minimum absolute atomic E-state index is 0.0732. The van der Waals surface area contributed by atoms with Crippen molar-refractivity contribution >= 4 is 28.6 Å². The molecule has 6 rings (SSSR count). The molecule has 1 aromatic carbocycles. The molecule has 2 aliphatic heterocycles. The highest BCUT2D eigenvalue weighted by atomic mass is 19.4. The first kappa shape index (κ1) is 25.9. The molecule has 0 atom stereocenters. The van der Waals surface area contributed by atoms with Gasteiger partial charge in [0.15, 0.2) is 0 Å². The lowest BCUT2D eigenvalue weighted by molar-refractivity contribution is -0.141. The van der Waals surface area contributed by atoms with E-state index in [2.05, 4.69) is 19.9 Å². The van der Waals surface area contributed by atoms with Gasteiger partial charge in [-0.25, -0.2) is 14.8 Å². The molecule has 0 unspecified atom stereocenters. The van der Waals surface area contributed by atoms with Crippen LogP contribution < -0.4 is 9.80 Å². The van der Waals surface area contributed by atoms with E-state index >= 15 is 0 Å². The predicted molar refractivity (Wildman–Crippen MR) is 132 cm³/mol. The number of aromatic nitrogens is 4. The third-order valence-corrected chi connectivity index (χ3v) is 7.15. The minimum Gasteiger partial charge on any atom is -0.440 e. The normalized spacial score (nSPS) is 17.6. The summed E-state index contributed by atoms with van der Waals surface area (Å²) in [6.07, 6.45) is -6.32. The van der Waals surface area contributed by atoms with Gasteiger partial charge in [0.2, 0.25) is 0 Å². The van der Waals surface area contributed by atoms with Crippen LogP contribution in [0.5, 0.6) is 0 Å². The van der Waals surface area contributed by atoms with E-state index in [-0.39, 0.29) is 17.7 Å². The number of rotatable bonds is 3. The number of carbonyl (C=O) groups is 1. The summed E-state index contributed by atoms with van der Waals surface area (Å²) in [6, 6.07) is 9.00. The van der Waals surface area contributed by atoms with Gasteiger partial charge in [0.1, 0.15) is 22.9 Å². The van der Waals surface area contributed by atoms with Crippen LogP contribution >= 0.6 is 0 Å². The number of nitrogens with one attached hydrogen (secondary N) is 1. The number of carbonyl (C=O) groups excluding carboxylic acids is 1. The first-order valence-electron chi connectivity index (χ1n) is 12.2. The molecule has 14 heteroatoms. The zero-order valence-corrected chi connectivity index (χ0v) is 20.6. The second kappa shape index (κ2) is 9.10. The number of imidazole rings is 1. The number of aromatic amines is 1. The second-order valence-electron chi connectivity index (χ2n) is 9.74. The molecule has 208 valence electrons. The van der Waals surface area contributed by atoms with Gasteiger partial charge in [0.05, 0.1) is 28.8 Å². The van der Waals surface area contributed by atoms with Crippen molar-refractivity contribution in [2.24, 2.45) is 0 Å². The minimum atomic E-state index is -4.63. The van der Waals surface area contributed by atoms with Crippen LogP contribution in [0, 0.1) is 0 Å². The SMILES string of the molecule is O=C1OC2(CCN(c3ccc(-c4nc5ccc(C(F)(F)F)cc5[nH]4)cn3)CC2)CN1c1ccnc(C(F)(F)F)c1. The highest BCUT2D eigenvalue weighted by Crippen LogP contribution is 2.38. The smallest absolute Gasteiger partial charge is 0.433 e. The molecule has 2 fully saturated rings. The summed E-state index contributed by atoms with van der Waals surface area (Å²) in [5.74, 6) is 1.04. The highest BCUT2D eigenvalue weighted by molar-refractivity contribution is 5.90. The molecule has 5 heterocycles. The number of alkyl halides is 6. The van der Waals surface area contributed by atoms with Gasteiger partial charge in [-0.3, -0.25) is 9.88 Å². The van der Waals surface area contributed by atoms with Gasteiger partial charge >= 0.3 is 18.4 Å². The molecule has 0 radical (unpaired) electrons. The second-order valence-corrected chi connectivity index (χ2v) is 9.74. The fraction of sp³-hybridized carbons (Fsp3) is 0.308. The lowest BCUT2D eigenvalue weighted by Crippen LogP contribution is -2.47.